The molecule has 0 unspecified atom stereocenters. The Bertz CT molecular complexity index is 887. The number of ether oxygens (including phenoxy) is 1. The van der Waals surface area contributed by atoms with Crippen LogP contribution < -0.4 is 4.74 Å². The van der Waals surface area contributed by atoms with Gasteiger partial charge in [-0.2, -0.15) is 0 Å². The number of thioether (sulfide) groups is 1. The molecule has 0 fully saturated rings. The van der Waals surface area contributed by atoms with Gasteiger partial charge in [-0.15, -0.1) is 10.2 Å². The summed E-state index contributed by atoms with van der Waals surface area (Å²) >= 11 is 13.5. The van der Waals surface area contributed by atoms with Crippen LogP contribution in [0.3, 0.4) is 0 Å². The highest BCUT2D eigenvalue weighted by molar-refractivity contribution is 7.98. The third kappa shape index (κ3) is 4.69. The van der Waals surface area contributed by atoms with E-state index >= 15 is 0 Å². The molecule has 0 aliphatic rings. The molecule has 0 saturated carbocycles. The fourth-order valence-corrected chi connectivity index (χ4v) is 3.64. The van der Waals surface area contributed by atoms with Gasteiger partial charge in [-0.3, -0.25) is 0 Å². The molecule has 1 aromatic heterocycles. The molecule has 0 aliphatic heterocycles. The topological polar surface area (TPSA) is 39.9 Å². The van der Waals surface area contributed by atoms with Crippen molar-refractivity contribution in [2.24, 2.45) is 0 Å². The summed E-state index contributed by atoms with van der Waals surface area (Å²) in [6.07, 6.45) is 0. The first-order valence-corrected chi connectivity index (χ1v) is 9.68. The monoisotopic (exact) mass is 411 g/mol. The predicted molar refractivity (Wildman–Crippen MR) is 102 cm³/mol. The minimum absolute atomic E-state index is 0.202. The van der Waals surface area contributed by atoms with Crippen LogP contribution in [0.4, 0.5) is 4.39 Å². The average Bonchev–Trinajstić information content (AvgIpc) is 3.02. The van der Waals surface area contributed by atoms with E-state index < -0.39 is 5.82 Å². The third-order valence-corrected chi connectivity index (χ3v) is 5.23. The number of aromatic nitrogens is 3. The van der Waals surface area contributed by atoms with Gasteiger partial charge in [0.1, 0.15) is 18.2 Å². The van der Waals surface area contributed by atoms with Crippen molar-refractivity contribution in [1.82, 2.24) is 14.8 Å². The van der Waals surface area contributed by atoms with Crippen molar-refractivity contribution >= 4 is 35.0 Å². The van der Waals surface area contributed by atoms with Gasteiger partial charge >= 0.3 is 0 Å². The van der Waals surface area contributed by atoms with E-state index in [0.29, 0.717) is 18.1 Å². The maximum atomic E-state index is 13.1. The number of rotatable bonds is 7. The van der Waals surface area contributed by atoms with E-state index in [9.17, 15) is 4.39 Å². The Hall–Kier alpha value is -1.76. The van der Waals surface area contributed by atoms with Crippen molar-refractivity contribution in [2.75, 3.05) is 0 Å². The van der Waals surface area contributed by atoms with Gasteiger partial charge in [0.25, 0.3) is 0 Å². The SMILES string of the molecule is CCn1c(COc2ccc(F)cc2Cl)nnc1SCc1ccc(Cl)cc1. The van der Waals surface area contributed by atoms with E-state index in [4.69, 9.17) is 27.9 Å². The molecule has 0 aliphatic carbocycles. The number of hydrogen-bond donors (Lipinski definition) is 0. The molecule has 0 amide bonds. The highest BCUT2D eigenvalue weighted by Gasteiger charge is 2.13. The summed E-state index contributed by atoms with van der Waals surface area (Å²) in [7, 11) is 0. The van der Waals surface area contributed by atoms with Crippen molar-refractivity contribution in [3.63, 3.8) is 0 Å². The van der Waals surface area contributed by atoms with Crippen molar-refractivity contribution in [2.45, 2.75) is 31.0 Å². The normalized spacial score (nSPS) is 10.9. The minimum Gasteiger partial charge on any atom is -0.484 e. The molecule has 3 aromatic rings. The molecule has 0 N–H and O–H groups in total. The lowest BCUT2D eigenvalue weighted by atomic mass is 10.2. The lowest BCUT2D eigenvalue weighted by molar-refractivity contribution is 0.288. The molecule has 0 atom stereocenters. The second kappa shape index (κ2) is 8.75. The first kappa shape index (κ1) is 19.0. The quantitative estimate of drug-likeness (QED) is 0.473. The maximum Gasteiger partial charge on any atom is 0.191 e. The molecule has 2 aromatic carbocycles. The van der Waals surface area contributed by atoms with Crippen molar-refractivity contribution in [3.8, 4) is 5.75 Å². The van der Waals surface area contributed by atoms with Gasteiger partial charge in [0.05, 0.1) is 5.02 Å². The highest BCUT2D eigenvalue weighted by Crippen LogP contribution is 2.27. The Labute approximate surface area is 165 Å². The zero-order chi connectivity index (χ0) is 18.5. The lowest BCUT2D eigenvalue weighted by Gasteiger charge is -2.10. The van der Waals surface area contributed by atoms with Crippen LogP contribution in [-0.2, 0) is 18.9 Å². The molecule has 0 saturated heterocycles. The smallest absolute Gasteiger partial charge is 0.191 e. The summed E-state index contributed by atoms with van der Waals surface area (Å²) in [5.74, 6) is 1.46. The molecule has 1 heterocycles. The number of hydrogen-bond acceptors (Lipinski definition) is 4. The summed E-state index contributed by atoms with van der Waals surface area (Å²) in [5, 5.41) is 10.2. The summed E-state index contributed by atoms with van der Waals surface area (Å²) in [5.41, 5.74) is 1.15. The van der Waals surface area contributed by atoms with E-state index in [-0.39, 0.29) is 11.6 Å². The molecule has 0 spiro atoms. The van der Waals surface area contributed by atoms with Crippen LogP contribution >= 0.6 is 35.0 Å². The van der Waals surface area contributed by atoms with Gasteiger partial charge < -0.3 is 9.30 Å². The lowest BCUT2D eigenvalue weighted by Crippen LogP contribution is -2.07. The van der Waals surface area contributed by atoms with Gasteiger partial charge in [-0.25, -0.2) is 4.39 Å². The summed E-state index contributed by atoms with van der Waals surface area (Å²) in [6.45, 7) is 2.93. The number of halogens is 3. The van der Waals surface area contributed by atoms with Gasteiger partial charge in [0, 0.05) is 17.3 Å². The minimum atomic E-state index is -0.403. The van der Waals surface area contributed by atoms with Crippen LogP contribution in [0.15, 0.2) is 47.6 Å². The molecule has 8 heteroatoms. The highest BCUT2D eigenvalue weighted by atomic mass is 35.5. The number of nitrogens with zero attached hydrogens (tertiary/aromatic N) is 3. The number of benzene rings is 2. The second-order valence-corrected chi connectivity index (χ2v) is 7.21. The predicted octanol–water partition coefficient (Wildman–Crippen LogP) is 5.62. The van der Waals surface area contributed by atoms with Gasteiger partial charge in [-0.1, -0.05) is 47.1 Å². The summed E-state index contributed by atoms with van der Waals surface area (Å²) < 4.78 is 20.8. The van der Waals surface area contributed by atoms with E-state index in [0.717, 1.165) is 21.5 Å². The molecule has 136 valence electrons. The van der Waals surface area contributed by atoms with Crippen LogP contribution in [0.5, 0.6) is 5.75 Å². The van der Waals surface area contributed by atoms with Crippen LogP contribution in [0, 0.1) is 5.82 Å². The van der Waals surface area contributed by atoms with Crippen LogP contribution in [0.2, 0.25) is 10.0 Å². The average molecular weight is 412 g/mol. The van der Waals surface area contributed by atoms with Gasteiger partial charge in [-0.05, 0) is 42.8 Å². The Balaban J connectivity index is 1.66. The molecule has 0 radical (unpaired) electrons. The molecular weight excluding hydrogens is 396 g/mol. The van der Waals surface area contributed by atoms with E-state index in [1.165, 1.54) is 18.2 Å². The maximum absolute atomic E-state index is 13.1. The van der Waals surface area contributed by atoms with Gasteiger partial charge in [0.15, 0.2) is 11.0 Å². The third-order valence-electron chi connectivity index (χ3n) is 3.64. The van der Waals surface area contributed by atoms with Crippen LogP contribution in [0.1, 0.15) is 18.3 Å². The molecule has 0 bridgehead atoms. The van der Waals surface area contributed by atoms with E-state index in [1.54, 1.807) is 11.8 Å². The fraction of sp³-hybridized carbons (Fsp3) is 0.222. The second-order valence-electron chi connectivity index (χ2n) is 5.42. The van der Waals surface area contributed by atoms with Gasteiger partial charge in [0.2, 0.25) is 0 Å². The van der Waals surface area contributed by atoms with Crippen molar-refractivity contribution < 1.29 is 9.13 Å². The molecule has 3 rings (SSSR count). The van der Waals surface area contributed by atoms with Crippen LogP contribution in [0.25, 0.3) is 0 Å². The van der Waals surface area contributed by atoms with Crippen molar-refractivity contribution in [3.05, 3.63) is 69.7 Å². The molecule has 26 heavy (non-hydrogen) atoms. The first-order chi connectivity index (χ1) is 12.6. The molecular formula is C18H16Cl2FN3OS. The largest absolute Gasteiger partial charge is 0.484 e. The fourth-order valence-electron chi connectivity index (χ4n) is 2.31. The van der Waals surface area contributed by atoms with Crippen molar-refractivity contribution in [1.29, 1.82) is 0 Å². The Morgan fingerprint density at radius 2 is 1.88 bits per heavy atom. The zero-order valence-corrected chi connectivity index (χ0v) is 16.3. The zero-order valence-electron chi connectivity index (χ0n) is 14.0. The van der Waals surface area contributed by atoms with E-state index in [1.807, 2.05) is 35.8 Å². The van der Waals surface area contributed by atoms with E-state index in [2.05, 4.69) is 10.2 Å². The molecule has 4 nitrogen and oxygen atoms in total. The Morgan fingerprint density at radius 1 is 1.12 bits per heavy atom. The Morgan fingerprint density at radius 3 is 2.58 bits per heavy atom. The summed E-state index contributed by atoms with van der Waals surface area (Å²) in [6, 6.07) is 11.7. The summed E-state index contributed by atoms with van der Waals surface area (Å²) in [4.78, 5) is 0. The Kier molecular flexibility index (Phi) is 6.40. The first-order valence-electron chi connectivity index (χ1n) is 7.94. The van der Waals surface area contributed by atoms with Crippen LogP contribution in [-0.4, -0.2) is 14.8 Å². The standard InChI is InChI=1S/C18H16Cl2FN3OS/c1-2-24-17(10-25-16-8-7-14(21)9-15(16)20)22-23-18(24)26-11-12-3-5-13(19)6-4-12/h3-9H,2,10-11H2,1H3.